The van der Waals surface area contributed by atoms with E-state index < -0.39 is 0 Å². The number of carbonyl (C=O) groups excluding carboxylic acids is 1. The lowest BCUT2D eigenvalue weighted by atomic mass is 10.00. The lowest BCUT2D eigenvalue weighted by Gasteiger charge is -2.08. The number of hydrogen-bond acceptors (Lipinski definition) is 5. The number of nitrogens with zero attached hydrogens (tertiary/aromatic N) is 1. The SMILES string of the molecule is CCCc1cc(C(=O)Cc2csc(C)n2)c(O)cc1O. The summed E-state index contributed by atoms with van der Waals surface area (Å²) in [5.41, 5.74) is 1.64. The number of aromatic nitrogens is 1. The van der Waals surface area contributed by atoms with Crippen molar-refractivity contribution in [2.75, 3.05) is 0 Å². The molecule has 5 heteroatoms. The number of benzene rings is 1. The second-order valence-corrected chi connectivity index (χ2v) is 5.77. The molecule has 0 fully saturated rings. The first kappa shape index (κ1) is 14.5. The van der Waals surface area contributed by atoms with Crippen molar-refractivity contribution in [1.82, 2.24) is 4.98 Å². The summed E-state index contributed by atoms with van der Waals surface area (Å²) in [6.07, 6.45) is 1.69. The number of aromatic hydroxyl groups is 2. The highest BCUT2D eigenvalue weighted by atomic mass is 32.1. The van der Waals surface area contributed by atoms with Crippen LogP contribution in [0, 0.1) is 6.92 Å². The lowest BCUT2D eigenvalue weighted by molar-refractivity contribution is 0.0989. The van der Waals surface area contributed by atoms with Crippen LogP contribution in [0.25, 0.3) is 0 Å². The van der Waals surface area contributed by atoms with Crippen LogP contribution in [-0.2, 0) is 12.8 Å². The molecule has 0 atom stereocenters. The predicted octanol–water partition coefficient (Wildman–Crippen LogP) is 3.24. The number of ketones is 1. The monoisotopic (exact) mass is 291 g/mol. The molecule has 0 saturated carbocycles. The Labute approximate surface area is 121 Å². The molecule has 1 aromatic heterocycles. The van der Waals surface area contributed by atoms with Crippen molar-refractivity contribution in [2.45, 2.75) is 33.1 Å². The molecule has 0 unspecified atom stereocenters. The van der Waals surface area contributed by atoms with Gasteiger partial charge in [-0.2, -0.15) is 0 Å². The van der Waals surface area contributed by atoms with Crippen LogP contribution in [-0.4, -0.2) is 21.0 Å². The highest BCUT2D eigenvalue weighted by molar-refractivity contribution is 7.09. The third kappa shape index (κ3) is 3.17. The van der Waals surface area contributed by atoms with Crippen LogP contribution < -0.4 is 0 Å². The second kappa shape index (κ2) is 6.05. The zero-order valence-electron chi connectivity index (χ0n) is 11.5. The van der Waals surface area contributed by atoms with Gasteiger partial charge in [0, 0.05) is 11.4 Å². The van der Waals surface area contributed by atoms with Gasteiger partial charge >= 0.3 is 0 Å². The molecular weight excluding hydrogens is 274 g/mol. The minimum absolute atomic E-state index is 0.0328. The van der Waals surface area contributed by atoms with Gasteiger partial charge in [-0.25, -0.2) is 4.98 Å². The molecule has 0 aliphatic carbocycles. The van der Waals surface area contributed by atoms with Crippen molar-refractivity contribution in [3.63, 3.8) is 0 Å². The van der Waals surface area contributed by atoms with Gasteiger partial charge in [0.15, 0.2) is 5.78 Å². The van der Waals surface area contributed by atoms with Crippen LogP contribution in [0.1, 0.15) is 40.0 Å². The lowest BCUT2D eigenvalue weighted by Crippen LogP contribution is -2.05. The maximum Gasteiger partial charge on any atom is 0.172 e. The fourth-order valence-electron chi connectivity index (χ4n) is 2.06. The number of phenolic OH excluding ortho intramolecular Hbond substituents is 2. The van der Waals surface area contributed by atoms with Crippen molar-refractivity contribution in [2.24, 2.45) is 0 Å². The third-order valence-corrected chi connectivity index (χ3v) is 3.85. The molecule has 0 aliphatic rings. The highest BCUT2D eigenvalue weighted by Crippen LogP contribution is 2.29. The number of thiazole rings is 1. The Hall–Kier alpha value is -1.88. The molecule has 0 spiro atoms. The van der Waals surface area contributed by atoms with E-state index >= 15 is 0 Å². The average molecular weight is 291 g/mol. The van der Waals surface area contributed by atoms with E-state index in [1.54, 1.807) is 6.07 Å². The Morgan fingerprint density at radius 2 is 2.05 bits per heavy atom. The molecule has 1 aromatic carbocycles. The minimum atomic E-state index is -0.190. The van der Waals surface area contributed by atoms with Crippen LogP contribution in [0.4, 0.5) is 0 Å². The molecule has 2 aromatic rings. The van der Waals surface area contributed by atoms with Crippen molar-refractivity contribution in [3.8, 4) is 11.5 Å². The molecule has 0 saturated heterocycles. The van der Waals surface area contributed by atoms with E-state index in [-0.39, 0.29) is 29.3 Å². The Kier molecular flexibility index (Phi) is 4.39. The van der Waals surface area contributed by atoms with Gasteiger partial charge in [0.25, 0.3) is 0 Å². The molecule has 2 rings (SSSR count). The molecule has 0 aliphatic heterocycles. The normalized spacial score (nSPS) is 10.7. The van der Waals surface area contributed by atoms with E-state index in [1.807, 2.05) is 19.2 Å². The van der Waals surface area contributed by atoms with Gasteiger partial charge in [0.2, 0.25) is 0 Å². The van der Waals surface area contributed by atoms with Crippen molar-refractivity contribution in [1.29, 1.82) is 0 Å². The van der Waals surface area contributed by atoms with Gasteiger partial charge in [-0.1, -0.05) is 13.3 Å². The Morgan fingerprint density at radius 3 is 2.65 bits per heavy atom. The summed E-state index contributed by atoms with van der Waals surface area (Å²) in [5.74, 6) is -0.338. The van der Waals surface area contributed by atoms with Crippen LogP contribution in [0.2, 0.25) is 0 Å². The summed E-state index contributed by atoms with van der Waals surface area (Å²) in [5, 5.41) is 22.3. The Morgan fingerprint density at radius 1 is 1.30 bits per heavy atom. The number of carbonyl (C=O) groups is 1. The zero-order chi connectivity index (χ0) is 14.7. The average Bonchev–Trinajstić information content (AvgIpc) is 2.78. The Balaban J connectivity index is 2.26. The molecule has 1 heterocycles. The first-order valence-electron chi connectivity index (χ1n) is 6.50. The molecule has 20 heavy (non-hydrogen) atoms. The third-order valence-electron chi connectivity index (χ3n) is 3.02. The largest absolute Gasteiger partial charge is 0.508 e. The summed E-state index contributed by atoms with van der Waals surface area (Å²) in [6, 6.07) is 2.82. The molecule has 2 N–H and O–H groups in total. The van der Waals surface area contributed by atoms with Crippen LogP contribution in [0.3, 0.4) is 0 Å². The second-order valence-electron chi connectivity index (χ2n) is 4.71. The molecule has 0 bridgehead atoms. The first-order chi connectivity index (χ1) is 9.51. The smallest absolute Gasteiger partial charge is 0.172 e. The van der Waals surface area contributed by atoms with Crippen LogP contribution >= 0.6 is 11.3 Å². The minimum Gasteiger partial charge on any atom is -0.508 e. The van der Waals surface area contributed by atoms with E-state index in [0.29, 0.717) is 17.7 Å². The van der Waals surface area contributed by atoms with Gasteiger partial charge in [0.1, 0.15) is 11.5 Å². The molecule has 0 amide bonds. The maximum absolute atomic E-state index is 12.2. The maximum atomic E-state index is 12.2. The van der Waals surface area contributed by atoms with Crippen molar-refractivity contribution >= 4 is 17.1 Å². The fraction of sp³-hybridized carbons (Fsp3) is 0.333. The standard InChI is InChI=1S/C15H17NO3S/c1-3-4-10-5-12(15(19)7-13(10)17)14(18)6-11-8-20-9(2)16-11/h5,7-8,17,19H,3-4,6H2,1-2H3. The van der Waals surface area contributed by atoms with E-state index in [1.165, 1.54) is 17.4 Å². The van der Waals surface area contributed by atoms with Crippen LogP contribution in [0.15, 0.2) is 17.5 Å². The van der Waals surface area contributed by atoms with Gasteiger partial charge in [-0.05, 0) is 25.0 Å². The summed E-state index contributed by atoms with van der Waals surface area (Å²) in [7, 11) is 0. The van der Waals surface area contributed by atoms with E-state index in [0.717, 1.165) is 11.4 Å². The molecular formula is C15H17NO3S. The van der Waals surface area contributed by atoms with Crippen LogP contribution in [0.5, 0.6) is 11.5 Å². The highest BCUT2D eigenvalue weighted by Gasteiger charge is 2.16. The number of phenols is 2. The summed E-state index contributed by atoms with van der Waals surface area (Å²) in [4.78, 5) is 16.5. The van der Waals surface area contributed by atoms with Gasteiger partial charge < -0.3 is 10.2 Å². The summed E-state index contributed by atoms with van der Waals surface area (Å²) >= 11 is 1.49. The summed E-state index contributed by atoms with van der Waals surface area (Å²) < 4.78 is 0. The fourth-order valence-corrected chi connectivity index (χ4v) is 2.68. The topological polar surface area (TPSA) is 70.4 Å². The quantitative estimate of drug-likeness (QED) is 0.830. The van der Waals surface area contributed by atoms with Gasteiger partial charge in [0.05, 0.1) is 22.7 Å². The summed E-state index contributed by atoms with van der Waals surface area (Å²) in [6.45, 7) is 3.88. The van der Waals surface area contributed by atoms with E-state index in [2.05, 4.69) is 4.98 Å². The van der Waals surface area contributed by atoms with E-state index in [9.17, 15) is 15.0 Å². The number of rotatable bonds is 5. The first-order valence-corrected chi connectivity index (χ1v) is 7.38. The molecule has 0 radical (unpaired) electrons. The molecule has 106 valence electrons. The number of hydrogen-bond donors (Lipinski definition) is 2. The zero-order valence-corrected chi connectivity index (χ0v) is 12.3. The number of aryl methyl sites for hydroxylation is 2. The number of Topliss-reactive ketones (excluding diaryl/α,β-unsaturated/α-hetero) is 1. The van der Waals surface area contributed by atoms with Gasteiger partial charge in [-0.3, -0.25) is 4.79 Å². The Bertz CT molecular complexity index is 634. The van der Waals surface area contributed by atoms with Crippen molar-refractivity contribution in [3.05, 3.63) is 39.3 Å². The molecule has 4 nitrogen and oxygen atoms in total. The van der Waals surface area contributed by atoms with Crippen molar-refractivity contribution < 1.29 is 15.0 Å². The predicted molar refractivity (Wildman–Crippen MR) is 78.7 cm³/mol. The van der Waals surface area contributed by atoms with E-state index in [4.69, 9.17) is 0 Å². The van der Waals surface area contributed by atoms with Gasteiger partial charge in [-0.15, -0.1) is 11.3 Å².